The number of nitrogens with one attached hydrogen (secondary N) is 1. The fourth-order valence-electron chi connectivity index (χ4n) is 3.13. The molecule has 0 saturated heterocycles. The Balaban J connectivity index is 1.32. The third-order valence-electron chi connectivity index (χ3n) is 4.88. The molecule has 0 radical (unpaired) electrons. The van der Waals surface area contributed by atoms with Gasteiger partial charge in [0.2, 0.25) is 0 Å². The van der Waals surface area contributed by atoms with Crippen molar-refractivity contribution in [3.63, 3.8) is 0 Å². The summed E-state index contributed by atoms with van der Waals surface area (Å²) in [6, 6.07) is 23.7. The molecule has 4 aromatic rings. The Morgan fingerprint density at radius 3 is 2.40 bits per heavy atom. The van der Waals surface area contributed by atoms with Gasteiger partial charge >= 0.3 is 0 Å². The fourth-order valence-corrected chi connectivity index (χ4v) is 3.13. The smallest absolute Gasteiger partial charge is 0.253 e. The monoisotopic (exact) mass is 397 g/mol. The van der Waals surface area contributed by atoms with Crippen molar-refractivity contribution in [1.29, 1.82) is 0 Å². The Morgan fingerprint density at radius 1 is 0.967 bits per heavy atom. The summed E-state index contributed by atoms with van der Waals surface area (Å²) in [5.41, 5.74) is 3.78. The van der Waals surface area contributed by atoms with Crippen LogP contribution in [0.4, 0.5) is 11.5 Å². The molecule has 30 heavy (non-hydrogen) atoms. The molecular formula is C24H23N5O. The lowest BCUT2D eigenvalue weighted by Crippen LogP contribution is -2.23. The molecule has 0 aliphatic carbocycles. The van der Waals surface area contributed by atoms with Gasteiger partial charge in [-0.15, -0.1) is 0 Å². The van der Waals surface area contributed by atoms with Gasteiger partial charge in [-0.2, -0.15) is 5.10 Å². The van der Waals surface area contributed by atoms with Crippen LogP contribution in [-0.4, -0.2) is 27.7 Å². The van der Waals surface area contributed by atoms with Crippen LogP contribution in [0.5, 0.6) is 0 Å². The summed E-state index contributed by atoms with van der Waals surface area (Å²) in [6.07, 6.45) is 5.31. The Hall–Kier alpha value is -3.93. The molecular weight excluding hydrogens is 374 g/mol. The zero-order chi connectivity index (χ0) is 20.8. The normalized spacial score (nSPS) is 10.6. The highest BCUT2D eigenvalue weighted by Gasteiger charge is 2.09. The predicted molar refractivity (Wildman–Crippen MR) is 118 cm³/mol. The molecule has 4 rings (SSSR count). The van der Waals surface area contributed by atoms with Crippen molar-refractivity contribution in [2.45, 2.75) is 13.1 Å². The molecule has 0 unspecified atom stereocenters. The highest BCUT2D eigenvalue weighted by atomic mass is 16.1. The number of amides is 1. The lowest BCUT2D eigenvalue weighted by molar-refractivity contribution is 0.0950. The number of rotatable bonds is 7. The summed E-state index contributed by atoms with van der Waals surface area (Å²) >= 11 is 0. The van der Waals surface area contributed by atoms with E-state index in [4.69, 9.17) is 0 Å². The molecule has 0 bridgehead atoms. The van der Waals surface area contributed by atoms with E-state index < -0.39 is 0 Å². The van der Waals surface area contributed by atoms with Gasteiger partial charge in [-0.25, -0.2) is 4.98 Å². The van der Waals surface area contributed by atoms with Crippen molar-refractivity contribution in [2.75, 3.05) is 11.9 Å². The molecule has 1 amide bonds. The molecule has 0 saturated carbocycles. The number of benzene rings is 2. The second-order valence-corrected chi connectivity index (χ2v) is 7.00. The van der Waals surface area contributed by atoms with E-state index >= 15 is 0 Å². The highest BCUT2D eigenvalue weighted by molar-refractivity contribution is 5.94. The highest BCUT2D eigenvalue weighted by Crippen LogP contribution is 2.20. The number of carbonyl (C=O) groups excluding carboxylic acids is 1. The molecule has 0 aliphatic heterocycles. The van der Waals surface area contributed by atoms with E-state index in [-0.39, 0.29) is 5.91 Å². The van der Waals surface area contributed by atoms with E-state index in [9.17, 15) is 4.79 Å². The van der Waals surface area contributed by atoms with Crippen molar-refractivity contribution in [3.8, 4) is 0 Å². The van der Waals surface area contributed by atoms with Gasteiger partial charge in [0.1, 0.15) is 5.82 Å². The van der Waals surface area contributed by atoms with Crippen LogP contribution in [-0.2, 0) is 13.1 Å². The zero-order valence-electron chi connectivity index (χ0n) is 16.8. The molecule has 1 N–H and O–H groups in total. The first-order chi connectivity index (χ1) is 14.7. The van der Waals surface area contributed by atoms with Gasteiger partial charge in [0, 0.05) is 37.9 Å². The average Bonchev–Trinajstić information content (AvgIpc) is 3.32. The van der Waals surface area contributed by atoms with Crippen molar-refractivity contribution in [2.24, 2.45) is 0 Å². The Morgan fingerprint density at radius 2 is 1.73 bits per heavy atom. The topological polar surface area (TPSA) is 63.1 Å². The molecule has 0 aliphatic rings. The maximum atomic E-state index is 12.5. The maximum absolute atomic E-state index is 12.5. The van der Waals surface area contributed by atoms with Crippen LogP contribution in [0.3, 0.4) is 0 Å². The number of anilines is 2. The first kappa shape index (κ1) is 19.4. The number of pyridine rings is 1. The molecule has 0 fully saturated rings. The van der Waals surface area contributed by atoms with Crippen molar-refractivity contribution in [3.05, 3.63) is 108 Å². The summed E-state index contributed by atoms with van der Waals surface area (Å²) in [5, 5.41) is 7.16. The SMILES string of the molecule is CN(c1ccccc1)c1ccc(C(=O)NCc2ccc(Cn3cccn3)cc2)cn1. The van der Waals surface area contributed by atoms with E-state index in [1.165, 1.54) is 0 Å². The Bertz CT molecular complexity index is 1070. The van der Waals surface area contributed by atoms with E-state index in [0.29, 0.717) is 12.1 Å². The van der Waals surface area contributed by atoms with Gasteiger partial charge in [-0.05, 0) is 41.5 Å². The van der Waals surface area contributed by atoms with Crippen LogP contribution in [0.15, 0.2) is 91.4 Å². The van der Waals surface area contributed by atoms with Gasteiger partial charge in [-0.3, -0.25) is 9.48 Å². The van der Waals surface area contributed by atoms with Crippen LogP contribution in [0.25, 0.3) is 0 Å². The largest absolute Gasteiger partial charge is 0.348 e. The number of hydrogen-bond donors (Lipinski definition) is 1. The Labute approximate surface area is 175 Å². The summed E-state index contributed by atoms with van der Waals surface area (Å²) in [5.74, 6) is 0.641. The number of carbonyl (C=O) groups is 1. The minimum atomic E-state index is -0.142. The van der Waals surface area contributed by atoms with Crippen molar-refractivity contribution >= 4 is 17.4 Å². The van der Waals surface area contributed by atoms with Gasteiger partial charge in [0.05, 0.1) is 12.1 Å². The maximum Gasteiger partial charge on any atom is 0.253 e. The van der Waals surface area contributed by atoms with Gasteiger partial charge < -0.3 is 10.2 Å². The van der Waals surface area contributed by atoms with Crippen LogP contribution >= 0.6 is 0 Å². The first-order valence-corrected chi connectivity index (χ1v) is 9.77. The molecule has 6 heteroatoms. The zero-order valence-corrected chi connectivity index (χ0v) is 16.8. The second kappa shape index (κ2) is 9.05. The third-order valence-corrected chi connectivity index (χ3v) is 4.88. The summed E-state index contributed by atoms with van der Waals surface area (Å²) in [7, 11) is 1.95. The number of para-hydroxylation sites is 1. The number of nitrogens with zero attached hydrogens (tertiary/aromatic N) is 4. The molecule has 2 aromatic carbocycles. The van der Waals surface area contributed by atoms with Crippen LogP contribution in [0.2, 0.25) is 0 Å². The lowest BCUT2D eigenvalue weighted by Gasteiger charge is -2.18. The van der Waals surface area contributed by atoms with Gasteiger partial charge in [-0.1, -0.05) is 42.5 Å². The number of hydrogen-bond acceptors (Lipinski definition) is 4. The number of aromatic nitrogens is 3. The van der Waals surface area contributed by atoms with Gasteiger partial charge in [0.25, 0.3) is 5.91 Å². The van der Waals surface area contributed by atoms with Crippen LogP contribution in [0, 0.1) is 0 Å². The van der Waals surface area contributed by atoms with Crippen molar-refractivity contribution < 1.29 is 4.79 Å². The minimum Gasteiger partial charge on any atom is -0.348 e. The molecule has 0 spiro atoms. The van der Waals surface area contributed by atoms with E-state index in [1.807, 2.05) is 77.4 Å². The van der Waals surface area contributed by atoms with Gasteiger partial charge in [0.15, 0.2) is 0 Å². The fraction of sp³-hybridized carbons (Fsp3) is 0.125. The second-order valence-electron chi connectivity index (χ2n) is 7.00. The third kappa shape index (κ3) is 4.72. The van der Waals surface area contributed by atoms with Crippen LogP contribution < -0.4 is 10.2 Å². The summed E-state index contributed by atoms with van der Waals surface area (Å²) < 4.78 is 1.88. The van der Waals surface area contributed by atoms with E-state index in [2.05, 4.69) is 27.5 Å². The van der Waals surface area contributed by atoms with Crippen LogP contribution in [0.1, 0.15) is 21.5 Å². The van der Waals surface area contributed by atoms with Crippen molar-refractivity contribution in [1.82, 2.24) is 20.1 Å². The minimum absolute atomic E-state index is 0.142. The molecule has 6 nitrogen and oxygen atoms in total. The standard InChI is InChI=1S/C24H23N5O/c1-28(22-6-3-2-4-7-22)23-13-12-21(17-25-23)24(30)26-16-19-8-10-20(11-9-19)18-29-15-5-14-27-29/h2-15,17H,16,18H2,1H3,(H,26,30). The van der Waals surface area contributed by atoms with E-state index in [1.54, 1.807) is 18.5 Å². The molecule has 0 atom stereocenters. The quantitative estimate of drug-likeness (QED) is 0.512. The summed E-state index contributed by atoms with van der Waals surface area (Å²) in [6.45, 7) is 1.20. The Kier molecular flexibility index (Phi) is 5.85. The first-order valence-electron chi connectivity index (χ1n) is 9.77. The average molecular weight is 397 g/mol. The summed E-state index contributed by atoms with van der Waals surface area (Å²) in [4.78, 5) is 18.9. The molecule has 2 heterocycles. The van der Waals surface area contributed by atoms with E-state index in [0.717, 1.165) is 29.2 Å². The lowest BCUT2D eigenvalue weighted by atomic mass is 10.1. The molecule has 2 aromatic heterocycles. The molecule has 150 valence electrons. The predicted octanol–water partition coefficient (Wildman–Crippen LogP) is 4.02.